The molecule has 0 spiro atoms. The Morgan fingerprint density at radius 2 is 1.86 bits per heavy atom. The van der Waals surface area contributed by atoms with E-state index >= 15 is 0 Å². The predicted molar refractivity (Wildman–Crippen MR) is 102 cm³/mol. The maximum Gasteiger partial charge on any atom is 0.416 e. The number of rotatable bonds is 6. The minimum Gasteiger partial charge on any atom is -0.463 e. The van der Waals surface area contributed by atoms with Crippen molar-refractivity contribution in [2.24, 2.45) is 0 Å². The number of benzene rings is 2. The summed E-state index contributed by atoms with van der Waals surface area (Å²) in [7, 11) is 0. The fourth-order valence-corrected chi connectivity index (χ4v) is 2.77. The normalized spacial score (nSPS) is 12.2. The third-order valence-electron chi connectivity index (χ3n) is 3.55. The first-order chi connectivity index (χ1) is 13.5. The summed E-state index contributed by atoms with van der Waals surface area (Å²) in [5.74, 6) is -1.41. The summed E-state index contributed by atoms with van der Waals surface area (Å²) in [4.78, 5) is 24.0. The van der Waals surface area contributed by atoms with Gasteiger partial charge in [0, 0.05) is 4.47 Å². The molecular formula is C19H15BrClF3O5. The Morgan fingerprint density at radius 1 is 1.17 bits per heavy atom. The van der Waals surface area contributed by atoms with Crippen molar-refractivity contribution in [2.45, 2.75) is 26.1 Å². The molecular weight excluding hydrogens is 481 g/mol. The number of esters is 2. The second-order valence-corrected chi connectivity index (χ2v) is 6.95. The van der Waals surface area contributed by atoms with Gasteiger partial charge in [0.05, 0.1) is 22.8 Å². The van der Waals surface area contributed by atoms with Gasteiger partial charge in [-0.15, -0.1) is 0 Å². The first-order valence-corrected chi connectivity index (χ1v) is 9.41. The molecule has 0 N–H and O–H groups in total. The van der Waals surface area contributed by atoms with Gasteiger partial charge in [0.15, 0.2) is 6.10 Å². The van der Waals surface area contributed by atoms with Gasteiger partial charge in [-0.25, -0.2) is 9.59 Å². The standard InChI is InChI=1S/C19H15BrClF3O5/c1-3-27-17(25)10(2)28-18(26)13-9-12(5-6-14(13)20)29-16-7-4-11(8-15(16)21)19(22,23)24/h4-10H,3H2,1-2H3/t10-/m1/s1. The minimum atomic E-state index is -4.54. The van der Waals surface area contributed by atoms with E-state index < -0.39 is 29.8 Å². The fraction of sp³-hybridized carbons (Fsp3) is 0.263. The van der Waals surface area contributed by atoms with Crippen molar-refractivity contribution in [3.8, 4) is 11.5 Å². The SMILES string of the molecule is CCOC(=O)[C@@H](C)OC(=O)c1cc(Oc2ccc(C(F)(F)F)cc2Cl)ccc1Br. The Hall–Kier alpha value is -2.26. The van der Waals surface area contributed by atoms with Gasteiger partial charge in [0.1, 0.15) is 11.5 Å². The Kier molecular flexibility index (Phi) is 7.54. The van der Waals surface area contributed by atoms with Gasteiger partial charge in [-0.1, -0.05) is 11.6 Å². The number of halogens is 5. The monoisotopic (exact) mass is 494 g/mol. The summed E-state index contributed by atoms with van der Waals surface area (Å²) in [5, 5.41) is -0.247. The van der Waals surface area contributed by atoms with Crippen molar-refractivity contribution in [2.75, 3.05) is 6.61 Å². The number of carbonyl (C=O) groups excluding carboxylic acids is 2. The molecule has 0 unspecified atom stereocenters. The summed E-state index contributed by atoms with van der Waals surface area (Å²) in [6, 6.07) is 6.91. The maximum absolute atomic E-state index is 12.7. The first kappa shape index (κ1) is 23.0. The van der Waals surface area contributed by atoms with Gasteiger partial charge >= 0.3 is 18.1 Å². The molecule has 0 fully saturated rings. The maximum atomic E-state index is 12.7. The molecule has 0 saturated heterocycles. The van der Waals surface area contributed by atoms with E-state index in [-0.39, 0.29) is 28.7 Å². The molecule has 0 amide bonds. The average molecular weight is 496 g/mol. The highest BCUT2D eigenvalue weighted by Crippen LogP contribution is 2.37. The average Bonchev–Trinajstić information content (AvgIpc) is 2.64. The molecule has 0 saturated carbocycles. The van der Waals surface area contributed by atoms with Crippen molar-refractivity contribution in [1.29, 1.82) is 0 Å². The van der Waals surface area contributed by atoms with Gasteiger partial charge in [0.2, 0.25) is 0 Å². The van der Waals surface area contributed by atoms with E-state index in [1.807, 2.05) is 0 Å². The van der Waals surface area contributed by atoms with Crippen molar-refractivity contribution in [3.63, 3.8) is 0 Å². The topological polar surface area (TPSA) is 61.8 Å². The van der Waals surface area contributed by atoms with E-state index in [1.54, 1.807) is 6.92 Å². The number of carbonyl (C=O) groups is 2. The lowest BCUT2D eigenvalue weighted by Gasteiger charge is -2.14. The lowest BCUT2D eigenvalue weighted by atomic mass is 10.2. The fourth-order valence-electron chi connectivity index (χ4n) is 2.14. The lowest BCUT2D eigenvalue weighted by molar-refractivity contribution is -0.152. The van der Waals surface area contributed by atoms with Crippen LogP contribution in [0.3, 0.4) is 0 Å². The summed E-state index contributed by atoms with van der Waals surface area (Å²) < 4.78 is 53.9. The van der Waals surface area contributed by atoms with Crippen molar-refractivity contribution >= 4 is 39.5 Å². The molecule has 156 valence electrons. The lowest BCUT2D eigenvalue weighted by Crippen LogP contribution is -2.26. The van der Waals surface area contributed by atoms with E-state index in [2.05, 4.69) is 15.9 Å². The van der Waals surface area contributed by atoms with Gasteiger partial charge in [-0.05, 0) is 66.2 Å². The van der Waals surface area contributed by atoms with Crippen LogP contribution in [0, 0.1) is 0 Å². The van der Waals surface area contributed by atoms with Crippen LogP contribution in [0.2, 0.25) is 5.02 Å². The highest BCUT2D eigenvalue weighted by Gasteiger charge is 2.31. The number of hydrogen-bond acceptors (Lipinski definition) is 5. The molecule has 10 heteroatoms. The van der Waals surface area contributed by atoms with Gasteiger partial charge in [0.25, 0.3) is 0 Å². The predicted octanol–water partition coefficient (Wildman–Crippen LogP) is 6.02. The van der Waals surface area contributed by atoms with Crippen LogP contribution in [0.25, 0.3) is 0 Å². The molecule has 0 bridgehead atoms. The third kappa shape index (κ3) is 6.11. The third-order valence-corrected chi connectivity index (χ3v) is 4.53. The van der Waals surface area contributed by atoms with Crippen LogP contribution in [-0.4, -0.2) is 24.6 Å². The highest BCUT2D eigenvalue weighted by atomic mass is 79.9. The smallest absolute Gasteiger partial charge is 0.416 e. The second kappa shape index (κ2) is 9.49. The van der Waals surface area contributed by atoms with Crippen LogP contribution >= 0.6 is 27.5 Å². The molecule has 2 aromatic rings. The Bertz CT molecular complexity index is 917. The molecule has 29 heavy (non-hydrogen) atoms. The molecule has 5 nitrogen and oxygen atoms in total. The van der Waals surface area contributed by atoms with E-state index in [0.29, 0.717) is 4.47 Å². The Balaban J connectivity index is 2.21. The molecule has 0 aliphatic rings. The first-order valence-electron chi connectivity index (χ1n) is 8.24. The zero-order valence-corrected chi connectivity index (χ0v) is 17.5. The second-order valence-electron chi connectivity index (χ2n) is 5.69. The molecule has 0 heterocycles. The molecule has 2 rings (SSSR count). The van der Waals surface area contributed by atoms with Crippen LogP contribution in [0.1, 0.15) is 29.8 Å². The van der Waals surface area contributed by atoms with Crippen molar-refractivity contribution in [3.05, 3.63) is 57.0 Å². The van der Waals surface area contributed by atoms with Gasteiger partial charge in [-0.2, -0.15) is 13.2 Å². The molecule has 0 aliphatic heterocycles. The van der Waals surface area contributed by atoms with Gasteiger partial charge in [-0.3, -0.25) is 0 Å². The molecule has 0 aliphatic carbocycles. The van der Waals surface area contributed by atoms with E-state index in [4.69, 9.17) is 25.8 Å². The largest absolute Gasteiger partial charge is 0.463 e. The van der Waals surface area contributed by atoms with Crippen LogP contribution < -0.4 is 4.74 Å². The summed E-state index contributed by atoms with van der Waals surface area (Å²) in [6.45, 7) is 3.13. The highest BCUT2D eigenvalue weighted by molar-refractivity contribution is 9.10. The zero-order chi connectivity index (χ0) is 21.8. The van der Waals surface area contributed by atoms with Crippen LogP contribution in [-0.2, 0) is 20.4 Å². The van der Waals surface area contributed by atoms with E-state index in [9.17, 15) is 22.8 Å². The minimum absolute atomic E-state index is 0.0267. The number of hydrogen-bond donors (Lipinski definition) is 0. The molecule has 1 atom stereocenters. The van der Waals surface area contributed by atoms with Crippen molar-refractivity contribution in [1.82, 2.24) is 0 Å². The van der Waals surface area contributed by atoms with Gasteiger partial charge < -0.3 is 14.2 Å². The van der Waals surface area contributed by atoms with Crippen LogP contribution in [0.15, 0.2) is 40.9 Å². The van der Waals surface area contributed by atoms with Crippen LogP contribution in [0.5, 0.6) is 11.5 Å². The summed E-state index contributed by atoms with van der Waals surface area (Å²) in [5.41, 5.74) is -0.871. The zero-order valence-electron chi connectivity index (χ0n) is 15.2. The number of ether oxygens (including phenoxy) is 3. The van der Waals surface area contributed by atoms with Crippen LogP contribution in [0.4, 0.5) is 13.2 Å². The Morgan fingerprint density at radius 3 is 2.45 bits per heavy atom. The van der Waals surface area contributed by atoms with Crippen molar-refractivity contribution < 1.29 is 37.0 Å². The summed E-state index contributed by atoms with van der Waals surface area (Å²) in [6.07, 6.45) is -5.66. The molecule has 2 aromatic carbocycles. The molecule has 0 radical (unpaired) electrons. The number of alkyl halides is 3. The summed E-state index contributed by atoms with van der Waals surface area (Å²) >= 11 is 9.07. The molecule has 0 aromatic heterocycles. The quantitative estimate of drug-likeness (QED) is 0.459. The Labute approximate surface area is 177 Å². The van der Waals surface area contributed by atoms with E-state index in [1.165, 1.54) is 25.1 Å². The van der Waals surface area contributed by atoms with E-state index in [0.717, 1.165) is 18.2 Å².